The van der Waals surface area contributed by atoms with Crippen LogP contribution in [0.5, 0.6) is 0 Å². The Kier molecular flexibility index (Phi) is 4.61. The zero-order chi connectivity index (χ0) is 13.9. The molecule has 1 saturated heterocycles. The monoisotopic (exact) mass is 396 g/mol. The smallest absolute Gasteiger partial charge is 0.136 e. The molecule has 0 N–H and O–H groups in total. The molecule has 1 aromatic heterocycles. The molecule has 4 heteroatoms. The SMILES string of the molecule is BrCCC1CCCN(c2nccc3c(Br)cccc23)C1. The Labute approximate surface area is 136 Å². The van der Waals surface area contributed by atoms with Crippen molar-refractivity contribution in [3.05, 3.63) is 34.9 Å². The molecule has 2 nitrogen and oxygen atoms in total. The zero-order valence-corrected chi connectivity index (χ0v) is 14.5. The van der Waals surface area contributed by atoms with Crippen LogP contribution in [-0.4, -0.2) is 23.4 Å². The van der Waals surface area contributed by atoms with Crippen molar-refractivity contribution in [2.75, 3.05) is 23.3 Å². The molecule has 0 saturated carbocycles. The van der Waals surface area contributed by atoms with Gasteiger partial charge in [0.1, 0.15) is 5.82 Å². The Morgan fingerprint density at radius 2 is 2.15 bits per heavy atom. The molecule has 1 atom stereocenters. The van der Waals surface area contributed by atoms with Gasteiger partial charge in [0.05, 0.1) is 0 Å². The van der Waals surface area contributed by atoms with E-state index < -0.39 is 0 Å². The summed E-state index contributed by atoms with van der Waals surface area (Å²) < 4.78 is 1.15. The van der Waals surface area contributed by atoms with Crippen LogP contribution in [0.3, 0.4) is 0 Å². The van der Waals surface area contributed by atoms with Crippen molar-refractivity contribution >= 4 is 48.5 Å². The molecule has 1 unspecified atom stereocenters. The van der Waals surface area contributed by atoms with Gasteiger partial charge in [0.15, 0.2) is 0 Å². The standard InChI is InChI=1S/C16H18Br2N2/c17-8-6-12-3-2-10-20(11-12)16-14-4-1-5-15(18)13(14)7-9-19-16/h1,4-5,7,9,12H,2-3,6,8,10-11H2. The molecule has 2 aromatic rings. The first-order chi connectivity index (χ1) is 9.79. The number of benzene rings is 1. The number of pyridine rings is 1. The highest BCUT2D eigenvalue weighted by Gasteiger charge is 2.21. The highest BCUT2D eigenvalue weighted by molar-refractivity contribution is 9.10. The fourth-order valence-corrected chi connectivity index (χ4v) is 4.20. The first kappa shape index (κ1) is 14.3. The predicted octanol–water partition coefficient (Wildman–Crippen LogP) is 5.00. The molecule has 106 valence electrons. The third-order valence-corrected chi connectivity index (χ3v) is 5.22. The van der Waals surface area contributed by atoms with E-state index in [0.717, 1.165) is 34.6 Å². The van der Waals surface area contributed by atoms with Gasteiger partial charge < -0.3 is 4.90 Å². The molecule has 0 amide bonds. The summed E-state index contributed by atoms with van der Waals surface area (Å²) in [5.41, 5.74) is 0. The van der Waals surface area contributed by atoms with Crippen LogP contribution in [0.15, 0.2) is 34.9 Å². The van der Waals surface area contributed by atoms with Gasteiger partial charge in [-0.15, -0.1) is 0 Å². The van der Waals surface area contributed by atoms with Crippen molar-refractivity contribution in [3.8, 4) is 0 Å². The maximum absolute atomic E-state index is 4.66. The van der Waals surface area contributed by atoms with Crippen molar-refractivity contribution in [1.29, 1.82) is 0 Å². The van der Waals surface area contributed by atoms with Crippen LogP contribution in [0.4, 0.5) is 5.82 Å². The number of piperidine rings is 1. The van der Waals surface area contributed by atoms with Gasteiger partial charge in [0.25, 0.3) is 0 Å². The summed E-state index contributed by atoms with van der Waals surface area (Å²) in [6, 6.07) is 8.45. The predicted molar refractivity (Wildman–Crippen MR) is 92.8 cm³/mol. The maximum Gasteiger partial charge on any atom is 0.136 e. The van der Waals surface area contributed by atoms with E-state index in [0.29, 0.717) is 0 Å². The van der Waals surface area contributed by atoms with Gasteiger partial charge in [-0.25, -0.2) is 4.98 Å². The summed E-state index contributed by atoms with van der Waals surface area (Å²) in [6.07, 6.45) is 5.79. The summed E-state index contributed by atoms with van der Waals surface area (Å²) in [4.78, 5) is 7.12. The van der Waals surface area contributed by atoms with Crippen molar-refractivity contribution in [2.45, 2.75) is 19.3 Å². The second-order valence-electron chi connectivity index (χ2n) is 5.40. The lowest BCUT2D eigenvalue weighted by atomic mass is 9.95. The summed E-state index contributed by atoms with van der Waals surface area (Å²) in [5, 5.41) is 3.60. The second-order valence-corrected chi connectivity index (χ2v) is 7.05. The first-order valence-electron chi connectivity index (χ1n) is 7.13. The molecule has 0 aliphatic carbocycles. The zero-order valence-electron chi connectivity index (χ0n) is 11.4. The molecule has 1 aliphatic heterocycles. The van der Waals surface area contributed by atoms with E-state index in [1.54, 1.807) is 0 Å². The van der Waals surface area contributed by atoms with Gasteiger partial charge in [-0.3, -0.25) is 0 Å². The number of nitrogens with zero attached hydrogens (tertiary/aromatic N) is 2. The van der Waals surface area contributed by atoms with Gasteiger partial charge >= 0.3 is 0 Å². The number of fused-ring (bicyclic) bond motifs is 1. The normalized spacial score (nSPS) is 19.5. The highest BCUT2D eigenvalue weighted by Crippen LogP contribution is 2.32. The quantitative estimate of drug-likeness (QED) is 0.677. The Morgan fingerprint density at radius 3 is 3.00 bits per heavy atom. The van der Waals surface area contributed by atoms with E-state index in [2.05, 4.69) is 66.0 Å². The Balaban J connectivity index is 1.95. The van der Waals surface area contributed by atoms with Gasteiger partial charge in [-0.2, -0.15) is 0 Å². The fourth-order valence-electron chi connectivity index (χ4n) is 3.05. The molecule has 0 spiro atoms. The average Bonchev–Trinajstić information content (AvgIpc) is 2.48. The molecule has 20 heavy (non-hydrogen) atoms. The van der Waals surface area contributed by atoms with E-state index in [1.165, 1.54) is 30.0 Å². The topological polar surface area (TPSA) is 16.1 Å². The number of halogens is 2. The minimum Gasteiger partial charge on any atom is -0.356 e. The third kappa shape index (κ3) is 2.86. The molecule has 1 fully saturated rings. The van der Waals surface area contributed by atoms with Crippen molar-refractivity contribution in [3.63, 3.8) is 0 Å². The van der Waals surface area contributed by atoms with Crippen LogP contribution >= 0.6 is 31.9 Å². The Hall–Kier alpha value is -0.610. The lowest BCUT2D eigenvalue weighted by Crippen LogP contribution is -2.36. The van der Waals surface area contributed by atoms with E-state index in [4.69, 9.17) is 0 Å². The van der Waals surface area contributed by atoms with Crippen LogP contribution in [0.25, 0.3) is 10.8 Å². The first-order valence-corrected chi connectivity index (χ1v) is 9.05. The molecule has 3 rings (SSSR count). The minimum atomic E-state index is 0.785. The number of rotatable bonds is 3. The van der Waals surface area contributed by atoms with Crippen molar-refractivity contribution < 1.29 is 0 Å². The number of alkyl halides is 1. The molecule has 1 aromatic carbocycles. The highest BCUT2D eigenvalue weighted by atomic mass is 79.9. The lowest BCUT2D eigenvalue weighted by molar-refractivity contribution is 0.407. The van der Waals surface area contributed by atoms with Crippen LogP contribution in [-0.2, 0) is 0 Å². The molecule has 0 bridgehead atoms. The number of aromatic nitrogens is 1. The third-order valence-electron chi connectivity index (χ3n) is 4.07. The minimum absolute atomic E-state index is 0.785. The molecular formula is C16H18Br2N2. The summed E-state index contributed by atoms with van der Waals surface area (Å²) in [7, 11) is 0. The van der Waals surface area contributed by atoms with Gasteiger partial charge in [-0.1, -0.05) is 44.0 Å². The van der Waals surface area contributed by atoms with Gasteiger partial charge in [-0.05, 0) is 37.3 Å². The van der Waals surface area contributed by atoms with Crippen molar-refractivity contribution in [2.24, 2.45) is 5.92 Å². The average molecular weight is 398 g/mol. The van der Waals surface area contributed by atoms with Crippen LogP contribution in [0, 0.1) is 5.92 Å². The van der Waals surface area contributed by atoms with Crippen LogP contribution < -0.4 is 4.90 Å². The van der Waals surface area contributed by atoms with Gasteiger partial charge in [0.2, 0.25) is 0 Å². The summed E-state index contributed by atoms with van der Waals surface area (Å²) in [5.74, 6) is 1.93. The van der Waals surface area contributed by atoms with Crippen LogP contribution in [0.2, 0.25) is 0 Å². The van der Waals surface area contributed by atoms with E-state index in [-0.39, 0.29) is 0 Å². The van der Waals surface area contributed by atoms with Crippen molar-refractivity contribution in [1.82, 2.24) is 4.98 Å². The molecule has 0 radical (unpaired) electrons. The largest absolute Gasteiger partial charge is 0.356 e. The molecular weight excluding hydrogens is 380 g/mol. The van der Waals surface area contributed by atoms with E-state index in [1.807, 2.05) is 6.20 Å². The maximum atomic E-state index is 4.66. The lowest BCUT2D eigenvalue weighted by Gasteiger charge is -2.34. The summed E-state index contributed by atoms with van der Waals surface area (Å²) in [6.45, 7) is 2.25. The fraction of sp³-hybridized carbons (Fsp3) is 0.438. The Bertz CT molecular complexity index is 598. The Morgan fingerprint density at radius 1 is 1.25 bits per heavy atom. The second kappa shape index (κ2) is 6.44. The molecule has 2 heterocycles. The van der Waals surface area contributed by atoms with Gasteiger partial charge in [0, 0.05) is 39.9 Å². The van der Waals surface area contributed by atoms with E-state index in [9.17, 15) is 0 Å². The number of hydrogen-bond acceptors (Lipinski definition) is 2. The van der Waals surface area contributed by atoms with Crippen LogP contribution in [0.1, 0.15) is 19.3 Å². The molecule has 1 aliphatic rings. The number of anilines is 1. The number of hydrogen-bond donors (Lipinski definition) is 0. The van der Waals surface area contributed by atoms with E-state index >= 15 is 0 Å². The summed E-state index contributed by atoms with van der Waals surface area (Å²) >= 11 is 7.21.